The smallest absolute Gasteiger partial charge is 0.244 e. The predicted octanol–water partition coefficient (Wildman–Crippen LogP) is 3.48. The van der Waals surface area contributed by atoms with Crippen LogP contribution in [0, 0.1) is 6.92 Å². The van der Waals surface area contributed by atoms with Gasteiger partial charge in [-0.3, -0.25) is 0 Å². The molecule has 0 aromatic carbocycles. The van der Waals surface area contributed by atoms with E-state index < -0.39 is 37.3 Å². The summed E-state index contributed by atoms with van der Waals surface area (Å²) in [6, 6.07) is 0. The Hall–Kier alpha value is -0.490. The maximum absolute atomic E-state index is 12.4. The Kier molecular flexibility index (Phi) is 3.80. The minimum atomic E-state index is -5.69. The number of hydrogen-bond donors (Lipinski definition) is 0. The number of rotatable bonds is 5. The van der Waals surface area contributed by atoms with E-state index >= 15 is 0 Å². The second-order valence-electron chi connectivity index (χ2n) is 2.72. The van der Waals surface area contributed by atoms with Crippen molar-refractivity contribution >= 4 is 0 Å². The highest BCUT2D eigenvalue weighted by molar-refractivity contribution is 4.96. The zero-order valence-electron chi connectivity index (χ0n) is 6.97. The van der Waals surface area contributed by atoms with Crippen LogP contribution in [0.1, 0.15) is 12.8 Å². The van der Waals surface area contributed by atoms with E-state index in [1.165, 1.54) is 0 Å². The highest BCUT2D eigenvalue weighted by atomic mass is 19.3. The van der Waals surface area contributed by atoms with Gasteiger partial charge in [-0.05, 0) is 6.42 Å². The molecule has 0 nitrogen and oxygen atoms in total. The van der Waals surface area contributed by atoms with Crippen molar-refractivity contribution in [3.8, 4) is 0 Å². The van der Waals surface area contributed by atoms with E-state index in [2.05, 4.69) is 6.92 Å². The van der Waals surface area contributed by atoms with Crippen LogP contribution in [0.4, 0.5) is 30.7 Å². The summed E-state index contributed by atoms with van der Waals surface area (Å²) in [7, 11) is 0. The summed E-state index contributed by atoms with van der Waals surface area (Å²) in [5, 5.41) is 0. The van der Waals surface area contributed by atoms with Crippen molar-refractivity contribution in [2.45, 2.75) is 30.6 Å². The van der Waals surface area contributed by atoms with E-state index in [1.807, 2.05) is 0 Å². The molecule has 85 valence electrons. The van der Waals surface area contributed by atoms with E-state index in [1.54, 1.807) is 0 Å². The Morgan fingerprint density at radius 2 is 1.29 bits per heavy atom. The van der Waals surface area contributed by atoms with Gasteiger partial charge in [-0.15, -0.1) is 0 Å². The molecule has 0 amide bonds. The number of hydrogen-bond acceptors (Lipinski definition) is 0. The molecule has 0 N–H and O–H groups in total. The average molecular weight is 225 g/mol. The maximum Gasteiger partial charge on any atom is 0.374 e. The second kappa shape index (κ2) is 3.94. The highest BCUT2D eigenvalue weighted by Crippen LogP contribution is 2.47. The van der Waals surface area contributed by atoms with Gasteiger partial charge in [-0.1, -0.05) is 6.92 Å². The number of halogens is 7. The van der Waals surface area contributed by atoms with Crippen LogP contribution in [-0.4, -0.2) is 24.4 Å². The van der Waals surface area contributed by atoms with Crippen LogP contribution < -0.4 is 0 Å². The van der Waals surface area contributed by atoms with Crippen molar-refractivity contribution in [2.75, 3.05) is 6.67 Å². The fourth-order valence-corrected chi connectivity index (χ4v) is 0.730. The first kappa shape index (κ1) is 13.5. The molecule has 0 saturated carbocycles. The van der Waals surface area contributed by atoms with Crippen LogP contribution >= 0.6 is 0 Å². The van der Waals surface area contributed by atoms with Gasteiger partial charge in [0.05, 0.1) is 0 Å². The lowest BCUT2D eigenvalue weighted by atomic mass is 10.0. The Morgan fingerprint density at radius 3 is 1.57 bits per heavy atom. The van der Waals surface area contributed by atoms with Crippen molar-refractivity contribution in [1.82, 2.24) is 0 Å². The second-order valence-corrected chi connectivity index (χ2v) is 2.72. The molecule has 7 heteroatoms. The maximum atomic E-state index is 12.4. The molecular formula is C7H8F7. The Morgan fingerprint density at radius 1 is 0.857 bits per heavy atom. The zero-order valence-corrected chi connectivity index (χ0v) is 6.97. The molecule has 14 heavy (non-hydrogen) atoms. The van der Waals surface area contributed by atoms with Gasteiger partial charge >= 0.3 is 17.8 Å². The molecule has 0 heterocycles. The molecular weight excluding hydrogens is 217 g/mol. The van der Waals surface area contributed by atoms with Gasteiger partial charge in [0.25, 0.3) is 0 Å². The van der Waals surface area contributed by atoms with Crippen LogP contribution in [0.3, 0.4) is 0 Å². The molecule has 0 fully saturated rings. The molecule has 1 radical (unpaired) electrons. The van der Waals surface area contributed by atoms with Gasteiger partial charge < -0.3 is 0 Å². The zero-order chi connectivity index (χ0) is 11.6. The molecule has 0 aromatic rings. The third-order valence-corrected chi connectivity index (χ3v) is 1.58. The molecule has 0 unspecified atom stereocenters. The predicted molar refractivity (Wildman–Crippen MR) is 35.4 cm³/mol. The normalized spacial score (nSPS) is 14.6. The quantitative estimate of drug-likeness (QED) is 0.628. The Labute approximate surface area is 76.1 Å². The van der Waals surface area contributed by atoms with Gasteiger partial charge in [-0.2, -0.15) is 26.3 Å². The fraction of sp³-hybridized carbons (Fsp3) is 0.857. The van der Waals surface area contributed by atoms with Crippen LogP contribution in [0.15, 0.2) is 0 Å². The molecule has 0 bridgehead atoms. The average Bonchev–Trinajstić information content (AvgIpc) is 2.03. The minimum Gasteiger partial charge on any atom is -0.244 e. The van der Waals surface area contributed by atoms with E-state index in [-0.39, 0.29) is 0 Å². The van der Waals surface area contributed by atoms with Gasteiger partial charge in [0.15, 0.2) is 6.67 Å². The van der Waals surface area contributed by atoms with Crippen LogP contribution in [0.2, 0.25) is 0 Å². The molecule has 0 atom stereocenters. The van der Waals surface area contributed by atoms with Crippen molar-refractivity contribution in [2.24, 2.45) is 0 Å². The van der Waals surface area contributed by atoms with E-state index in [0.717, 1.165) is 0 Å². The summed E-state index contributed by atoms with van der Waals surface area (Å²) in [6.07, 6.45) is -2.17. The lowest BCUT2D eigenvalue weighted by molar-refractivity contribution is -0.313. The molecule has 0 saturated heterocycles. The van der Waals surface area contributed by atoms with Crippen LogP contribution in [0.25, 0.3) is 0 Å². The monoisotopic (exact) mass is 225 g/mol. The first-order valence-corrected chi connectivity index (χ1v) is 3.61. The van der Waals surface area contributed by atoms with Gasteiger partial charge in [-0.25, -0.2) is 4.39 Å². The third kappa shape index (κ3) is 2.12. The van der Waals surface area contributed by atoms with Crippen LogP contribution in [-0.2, 0) is 0 Å². The number of alkyl halides is 7. The van der Waals surface area contributed by atoms with E-state index in [9.17, 15) is 30.7 Å². The molecule has 0 aliphatic carbocycles. The molecule has 0 aliphatic heterocycles. The summed E-state index contributed by atoms with van der Waals surface area (Å²) in [4.78, 5) is 0. The minimum absolute atomic E-state index is 0.648. The summed E-state index contributed by atoms with van der Waals surface area (Å²) in [5.74, 6) is -16.0. The van der Waals surface area contributed by atoms with Gasteiger partial charge in [0, 0.05) is 6.42 Å². The molecule has 0 aliphatic rings. The topological polar surface area (TPSA) is 0 Å². The van der Waals surface area contributed by atoms with Crippen molar-refractivity contribution in [1.29, 1.82) is 0 Å². The SMILES string of the molecule is [CH2]CCC(F)(F)C(F)(F)C(F)(F)CF. The lowest BCUT2D eigenvalue weighted by Gasteiger charge is -2.31. The first-order chi connectivity index (χ1) is 6.12. The van der Waals surface area contributed by atoms with Crippen molar-refractivity contribution in [3.05, 3.63) is 6.92 Å². The molecule has 0 spiro atoms. The van der Waals surface area contributed by atoms with E-state index in [0.29, 0.717) is 0 Å². The lowest BCUT2D eigenvalue weighted by Crippen LogP contribution is -2.55. The largest absolute Gasteiger partial charge is 0.374 e. The molecule has 0 aromatic heterocycles. The summed E-state index contributed by atoms with van der Waals surface area (Å²) < 4.78 is 85.4. The van der Waals surface area contributed by atoms with Crippen molar-refractivity contribution in [3.63, 3.8) is 0 Å². The van der Waals surface area contributed by atoms with Gasteiger partial charge in [0.1, 0.15) is 0 Å². The fourth-order valence-electron chi connectivity index (χ4n) is 0.730. The first-order valence-electron chi connectivity index (χ1n) is 3.61. The highest BCUT2D eigenvalue weighted by Gasteiger charge is 2.70. The summed E-state index contributed by atoms with van der Waals surface area (Å²) >= 11 is 0. The Bertz CT molecular complexity index is 186. The third-order valence-electron chi connectivity index (χ3n) is 1.58. The van der Waals surface area contributed by atoms with Crippen LogP contribution in [0.5, 0.6) is 0 Å². The van der Waals surface area contributed by atoms with Gasteiger partial charge in [0.2, 0.25) is 0 Å². The summed E-state index contributed by atoms with van der Waals surface area (Å²) in [6.45, 7) is 0.0136. The molecule has 0 rings (SSSR count). The summed E-state index contributed by atoms with van der Waals surface area (Å²) in [5.41, 5.74) is 0. The standard InChI is InChI=1S/C7H8F7/c1-2-3-5(9,10)7(13,14)6(11,12)4-8/h1-4H2. The van der Waals surface area contributed by atoms with Crippen molar-refractivity contribution < 1.29 is 30.7 Å². The Balaban J connectivity index is 4.92. The van der Waals surface area contributed by atoms with E-state index in [4.69, 9.17) is 0 Å².